The molecule has 0 aliphatic rings. The third-order valence-corrected chi connectivity index (χ3v) is 6.08. The van der Waals surface area contributed by atoms with Gasteiger partial charge in [-0.05, 0) is 61.9 Å². The van der Waals surface area contributed by atoms with Gasteiger partial charge in [-0.15, -0.1) is 0 Å². The lowest BCUT2D eigenvalue weighted by atomic mass is 10.0. The molecule has 0 fully saturated rings. The first-order chi connectivity index (χ1) is 19.4. The van der Waals surface area contributed by atoms with Crippen molar-refractivity contribution in [2.45, 2.75) is 57.0 Å². The van der Waals surface area contributed by atoms with Gasteiger partial charge in [0.2, 0.25) is 5.95 Å². The lowest BCUT2D eigenvalue weighted by Gasteiger charge is -2.13. The Morgan fingerprint density at radius 1 is 0.976 bits per heavy atom. The summed E-state index contributed by atoms with van der Waals surface area (Å²) in [5, 5.41) is 29.0. The Hall–Kier alpha value is -4.76. The van der Waals surface area contributed by atoms with Crippen LogP contribution in [0, 0.1) is 0 Å². The molecule has 0 spiro atoms. The van der Waals surface area contributed by atoms with E-state index < -0.39 is 35.9 Å². The van der Waals surface area contributed by atoms with Crippen molar-refractivity contribution in [2.24, 2.45) is 11.5 Å². The summed E-state index contributed by atoms with van der Waals surface area (Å²) in [6, 6.07) is 4.59. The molecule has 1 amide bonds. The number of nitrogens with one attached hydrogen (secondary N) is 3. The van der Waals surface area contributed by atoms with Crippen molar-refractivity contribution in [3.05, 3.63) is 57.5 Å². The molecule has 2 aromatic heterocycles. The van der Waals surface area contributed by atoms with Crippen LogP contribution in [0.3, 0.4) is 0 Å². The molecule has 1 aromatic carbocycles. The third-order valence-electron chi connectivity index (χ3n) is 6.08. The van der Waals surface area contributed by atoms with Crippen LogP contribution in [0.15, 0.2) is 35.3 Å². The normalized spacial score (nSPS) is 12.1. The molecule has 41 heavy (non-hydrogen) atoms. The number of H-pyrrole nitrogens is 2. The van der Waals surface area contributed by atoms with Crippen LogP contribution in [0.2, 0.25) is 0 Å². The molecule has 2 atom stereocenters. The smallest absolute Gasteiger partial charge is 0.326 e. The van der Waals surface area contributed by atoms with Gasteiger partial charge in [0.25, 0.3) is 11.5 Å². The van der Waals surface area contributed by atoms with Crippen molar-refractivity contribution in [1.29, 1.82) is 0 Å². The van der Waals surface area contributed by atoms with Crippen molar-refractivity contribution in [1.82, 2.24) is 20.3 Å². The maximum atomic E-state index is 12.3. The Bertz CT molecular complexity index is 1400. The molecule has 3 aromatic rings. The lowest BCUT2D eigenvalue weighted by molar-refractivity contribution is -0.141. The van der Waals surface area contributed by atoms with E-state index in [2.05, 4.69) is 20.3 Å². The third kappa shape index (κ3) is 10.4. The number of amides is 1. The molecule has 0 bridgehead atoms. The van der Waals surface area contributed by atoms with Gasteiger partial charge in [0, 0.05) is 18.2 Å². The zero-order valence-electron chi connectivity index (χ0n) is 22.3. The number of fused-ring (bicyclic) bond motifs is 1. The summed E-state index contributed by atoms with van der Waals surface area (Å²) in [6.45, 7) is 0.604. The molecular formula is C26H35N7O8. The van der Waals surface area contributed by atoms with Crippen molar-refractivity contribution >= 4 is 40.8 Å². The van der Waals surface area contributed by atoms with Crippen molar-refractivity contribution < 1.29 is 34.5 Å². The van der Waals surface area contributed by atoms with Gasteiger partial charge >= 0.3 is 17.9 Å². The van der Waals surface area contributed by atoms with E-state index in [1.807, 2.05) is 0 Å². The Kier molecular flexibility index (Phi) is 12.5. The zero-order valence-corrected chi connectivity index (χ0v) is 22.3. The number of carbonyl (C=O) groups excluding carboxylic acids is 1. The molecule has 0 aliphatic heterocycles. The van der Waals surface area contributed by atoms with E-state index in [1.165, 1.54) is 0 Å². The second kappa shape index (κ2) is 15.7. The van der Waals surface area contributed by atoms with E-state index >= 15 is 0 Å². The van der Waals surface area contributed by atoms with Gasteiger partial charge in [0.15, 0.2) is 0 Å². The summed E-state index contributed by atoms with van der Waals surface area (Å²) in [5.74, 6) is -3.93. The summed E-state index contributed by atoms with van der Waals surface area (Å²) in [4.78, 5) is 65.8. The largest absolute Gasteiger partial charge is 0.481 e. The molecule has 0 aliphatic carbocycles. The number of carboxylic acid groups (broad SMARTS) is 3. The Balaban J connectivity index is 0.000000503. The molecule has 2 heterocycles. The molecule has 15 nitrogen and oxygen atoms in total. The molecule has 0 saturated carbocycles. The summed E-state index contributed by atoms with van der Waals surface area (Å²) in [6.07, 6.45) is 4.44. The predicted octanol–water partition coefficient (Wildman–Crippen LogP) is 0.194. The van der Waals surface area contributed by atoms with Gasteiger partial charge in [-0.1, -0.05) is 18.6 Å². The maximum Gasteiger partial charge on any atom is 0.326 e. The summed E-state index contributed by atoms with van der Waals surface area (Å²) < 4.78 is 0. The number of aromatic amines is 2. The van der Waals surface area contributed by atoms with Gasteiger partial charge in [-0.25, -0.2) is 4.79 Å². The maximum absolute atomic E-state index is 12.3. The second-order valence-electron chi connectivity index (χ2n) is 9.21. The van der Waals surface area contributed by atoms with Crippen LogP contribution in [0.25, 0.3) is 11.0 Å². The topological polar surface area (TPSA) is 281 Å². The first kappa shape index (κ1) is 32.5. The summed E-state index contributed by atoms with van der Waals surface area (Å²) in [7, 11) is 0. The number of anilines is 1. The molecule has 3 rings (SSSR count). The average molecular weight is 574 g/mol. The number of carboxylic acids is 3. The van der Waals surface area contributed by atoms with Crippen LogP contribution in [-0.4, -0.2) is 72.7 Å². The van der Waals surface area contributed by atoms with Crippen LogP contribution in [-0.2, 0) is 27.2 Å². The second-order valence-corrected chi connectivity index (χ2v) is 9.21. The minimum atomic E-state index is -1.30. The quantitative estimate of drug-likeness (QED) is 0.117. The van der Waals surface area contributed by atoms with Crippen LogP contribution in [0.1, 0.15) is 53.6 Å². The molecule has 12 N–H and O–H groups in total. The minimum Gasteiger partial charge on any atom is -0.481 e. The first-order valence-electron chi connectivity index (χ1n) is 12.8. The summed E-state index contributed by atoms with van der Waals surface area (Å²) in [5.41, 5.74) is 18.0. The Morgan fingerprint density at radius 3 is 2.24 bits per heavy atom. The fourth-order valence-corrected chi connectivity index (χ4v) is 3.82. The monoisotopic (exact) mass is 573 g/mol. The molecular weight excluding hydrogens is 538 g/mol. The summed E-state index contributed by atoms with van der Waals surface area (Å²) >= 11 is 0. The lowest BCUT2D eigenvalue weighted by Crippen LogP contribution is -2.41. The van der Waals surface area contributed by atoms with Gasteiger partial charge in [0.1, 0.15) is 17.7 Å². The number of benzene rings is 1. The van der Waals surface area contributed by atoms with Crippen LogP contribution < -0.4 is 28.1 Å². The molecule has 222 valence electrons. The first-order valence-corrected chi connectivity index (χ1v) is 12.8. The highest BCUT2D eigenvalue weighted by atomic mass is 16.4. The van der Waals surface area contributed by atoms with Gasteiger partial charge in [0.05, 0.1) is 5.39 Å². The number of rotatable bonds is 14. The van der Waals surface area contributed by atoms with Crippen LogP contribution in [0.4, 0.5) is 5.95 Å². The highest BCUT2D eigenvalue weighted by Gasteiger charge is 2.21. The number of nitrogens with two attached hydrogens (primary N) is 3. The van der Waals surface area contributed by atoms with E-state index in [0.717, 1.165) is 24.0 Å². The predicted molar refractivity (Wildman–Crippen MR) is 149 cm³/mol. The highest BCUT2D eigenvalue weighted by Crippen LogP contribution is 2.16. The minimum absolute atomic E-state index is 0.0351. The fourth-order valence-electron chi connectivity index (χ4n) is 3.82. The van der Waals surface area contributed by atoms with E-state index in [9.17, 15) is 24.0 Å². The van der Waals surface area contributed by atoms with Crippen molar-refractivity contribution in [3.8, 4) is 0 Å². The number of aromatic nitrogens is 3. The van der Waals surface area contributed by atoms with Crippen LogP contribution in [0.5, 0.6) is 0 Å². The van der Waals surface area contributed by atoms with Crippen molar-refractivity contribution in [3.63, 3.8) is 0 Å². The van der Waals surface area contributed by atoms with Gasteiger partial charge < -0.3 is 42.8 Å². The number of aryl methyl sites for hydroxylation is 2. The SMILES string of the molecule is NCCCC[C@@H](N)C(=O)O.Nc1nc2[nH]cc(CCc3ccc(C(=O)N[C@@H](CCC(=O)O)C(=O)O)cc3)c2c(=O)[nH]1. The number of hydrogen-bond donors (Lipinski definition) is 9. The molecule has 15 heteroatoms. The number of hydrogen-bond acceptors (Lipinski definition) is 9. The highest BCUT2D eigenvalue weighted by molar-refractivity contribution is 5.96. The number of aliphatic carboxylic acids is 3. The Morgan fingerprint density at radius 2 is 1.66 bits per heavy atom. The molecule has 0 unspecified atom stereocenters. The average Bonchev–Trinajstić information content (AvgIpc) is 3.33. The van der Waals surface area contributed by atoms with E-state index in [-0.39, 0.29) is 29.9 Å². The van der Waals surface area contributed by atoms with E-state index in [0.29, 0.717) is 36.8 Å². The fraction of sp³-hybridized carbons (Fsp3) is 0.385. The van der Waals surface area contributed by atoms with Gasteiger partial charge in [-0.2, -0.15) is 4.98 Å². The van der Waals surface area contributed by atoms with Crippen LogP contribution >= 0.6 is 0 Å². The molecule has 0 saturated heterocycles. The van der Waals surface area contributed by atoms with E-state index in [4.69, 9.17) is 32.5 Å². The molecule has 0 radical (unpaired) electrons. The standard InChI is InChI=1S/C20H21N5O6.C6H14N2O2/c21-20-24-16-15(18(29)25-20)12(9-22-16)6-3-10-1-4-11(5-2-10)17(28)23-13(19(30)31)7-8-14(26)27;7-4-2-1-3-5(8)6(9)10/h1-2,4-5,9,13H,3,6-8H2,(H,23,28)(H,26,27)(H,30,31)(H4,21,22,24,25,29);5H,1-4,7-8H2,(H,9,10)/t13-;5-/m01/s1. The Labute approximate surface area is 234 Å². The van der Waals surface area contributed by atoms with E-state index in [1.54, 1.807) is 30.5 Å². The number of nitrogens with zero attached hydrogens (tertiary/aromatic N) is 1. The zero-order chi connectivity index (χ0) is 30.5. The number of unbranched alkanes of at least 4 members (excludes halogenated alkanes) is 1. The number of carbonyl (C=O) groups is 4. The van der Waals surface area contributed by atoms with Crippen molar-refractivity contribution in [2.75, 3.05) is 12.3 Å². The van der Waals surface area contributed by atoms with Gasteiger partial charge in [-0.3, -0.25) is 24.2 Å². The number of nitrogen functional groups attached to an aromatic ring is 1.